The molecule has 4 aliphatic rings. The number of aromatic hydroxyl groups is 2. The van der Waals surface area contributed by atoms with E-state index < -0.39 is 64.9 Å². The molecule has 0 aromatic heterocycles. The largest absolute Gasteiger partial charge is 0.507 e. The minimum Gasteiger partial charge on any atom is -0.507 e. The van der Waals surface area contributed by atoms with Crippen molar-refractivity contribution in [3.05, 3.63) is 51.1 Å². The van der Waals surface area contributed by atoms with Gasteiger partial charge in [0.15, 0.2) is 5.78 Å². The van der Waals surface area contributed by atoms with Crippen LogP contribution in [0.5, 0.6) is 17.2 Å². The van der Waals surface area contributed by atoms with Gasteiger partial charge >= 0.3 is 0 Å². The number of methoxy groups -OCH3 is 1. The van der Waals surface area contributed by atoms with Gasteiger partial charge in [-0.2, -0.15) is 0 Å². The number of fused-ring (bicyclic) bond motifs is 8. The van der Waals surface area contributed by atoms with Crippen LogP contribution in [0.2, 0.25) is 0 Å². The Bertz CT molecular complexity index is 1450. The lowest BCUT2D eigenvalue weighted by Gasteiger charge is -2.53. The van der Waals surface area contributed by atoms with Crippen LogP contribution in [0.1, 0.15) is 74.9 Å². The van der Waals surface area contributed by atoms with E-state index in [2.05, 4.69) is 0 Å². The van der Waals surface area contributed by atoms with Crippen LogP contribution in [-0.4, -0.2) is 93.3 Å². The molecule has 39 heavy (non-hydrogen) atoms. The normalized spacial score (nSPS) is 34.6. The minimum atomic E-state index is -1.50. The van der Waals surface area contributed by atoms with Crippen LogP contribution in [0.4, 0.5) is 0 Å². The molecular weight excluding hydrogens is 510 g/mol. The number of nitrogens with zero attached hydrogens (tertiary/aromatic N) is 1. The van der Waals surface area contributed by atoms with Crippen LogP contribution >= 0.6 is 0 Å². The van der Waals surface area contributed by atoms with Gasteiger partial charge in [0.1, 0.15) is 35.1 Å². The fourth-order valence-corrected chi connectivity index (χ4v) is 6.76. The topological polar surface area (TPSA) is 166 Å². The van der Waals surface area contributed by atoms with Crippen LogP contribution in [0.3, 0.4) is 0 Å². The van der Waals surface area contributed by atoms with Gasteiger partial charge in [-0.25, -0.2) is 0 Å². The van der Waals surface area contributed by atoms with E-state index in [9.17, 15) is 35.1 Å². The summed E-state index contributed by atoms with van der Waals surface area (Å²) in [5, 5.41) is 55.4. The quantitative estimate of drug-likeness (QED) is 0.312. The fraction of sp³-hybridized carbons (Fsp3) is 0.500. The maximum atomic E-state index is 14.1. The molecule has 0 amide bonds. The summed E-state index contributed by atoms with van der Waals surface area (Å²) in [5.41, 5.74) is -2.71. The summed E-state index contributed by atoms with van der Waals surface area (Å²) in [6.07, 6.45) is -4.29. The van der Waals surface area contributed by atoms with Gasteiger partial charge in [0.25, 0.3) is 0 Å². The van der Waals surface area contributed by atoms with E-state index in [1.54, 1.807) is 32.8 Å². The number of ether oxygens (including phenoxy) is 3. The SMILES string of the molecule is CO[C@H]1C[C@@](C)(O)Cc2cc3c(c(O)c21)C(=O)c1c(O)cc2c(c1C3=O)O[C@H]1O[C@]2(C)[C@@H](O)[C@H](N(C)C)[C@H]1O. The Balaban J connectivity index is 1.58. The molecule has 0 radical (unpaired) electrons. The summed E-state index contributed by atoms with van der Waals surface area (Å²) in [6.45, 7) is 3.19. The first-order chi connectivity index (χ1) is 18.2. The molecule has 0 spiro atoms. The van der Waals surface area contributed by atoms with Crippen LogP contribution in [0.15, 0.2) is 12.1 Å². The van der Waals surface area contributed by atoms with Crippen LogP contribution in [0, 0.1) is 0 Å². The number of phenolic OH excluding ortho intramolecular Hbond substituents is 2. The standard InChI is InChI=1S/C28H31NO10/c1-27(36)8-10-6-11-16(21(32)15(10)14(9-27)37-5)22(33)17-13(30)7-12-24(18(17)20(11)31)38-26-23(34)19(29(3)4)25(35)28(12,2)39-26/h6-7,14,19,23,25-26,30,32,34-36H,8-9H2,1-5H3/t14-,19+,23+,25-,26-,27-,28-/m0/s1. The number of carbonyl (C=O) groups excluding carboxylic acids is 2. The van der Waals surface area contributed by atoms with Gasteiger partial charge in [-0.1, -0.05) is 0 Å². The molecule has 11 nitrogen and oxygen atoms in total. The predicted octanol–water partition coefficient (Wildman–Crippen LogP) is 0.874. The molecule has 2 aliphatic heterocycles. The van der Waals surface area contributed by atoms with Crippen molar-refractivity contribution >= 4 is 11.6 Å². The number of ketones is 2. The smallest absolute Gasteiger partial charge is 0.228 e. The molecule has 6 rings (SSSR count). The monoisotopic (exact) mass is 541 g/mol. The number of aliphatic hydroxyl groups is 3. The van der Waals surface area contributed by atoms with Gasteiger partial charge in [0, 0.05) is 36.6 Å². The molecule has 1 saturated heterocycles. The minimum absolute atomic E-state index is 0.0835. The molecular formula is C28H31NO10. The Hall–Kier alpha value is -3.06. The molecule has 11 heteroatoms. The van der Waals surface area contributed by atoms with Crippen LogP contribution in [-0.2, 0) is 21.5 Å². The molecule has 1 fully saturated rings. The summed E-state index contributed by atoms with van der Waals surface area (Å²) < 4.78 is 17.4. The van der Waals surface area contributed by atoms with Crippen molar-refractivity contribution in [2.75, 3.05) is 21.2 Å². The highest BCUT2D eigenvalue weighted by Gasteiger charge is 2.59. The highest BCUT2D eigenvalue weighted by Crippen LogP contribution is 2.54. The number of benzene rings is 2. The highest BCUT2D eigenvalue weighted by molar-refractivity contribution is 6.31. The van der Waals surface area contributed by atoms with Crippen molar-refractivity contribution in [2.24, 2.45) is 0 Å². The number of rotatable bonds is 2. The summed E-state index contributed by atoms with van der Waals surface area (Å²) in [5.74, 6) is -2.54. The molecule has 0 unspecified atom stereocenters. The number of likely N-dealkylation sites (N-methyl/N-ethyl adjacent to an activating group) is 1. The molecule has 2 aliphatic carbocycles. The lowest BCUT2D eigenvalue weighted by molar-refractivity contribution is -0.311. The number of hydrogen-bond donors (Lipinski definition) is 5. The third-order valence-corrected chi connectivity index (χ3v) is 8.66. The van der Waals surface area contributed by atoms with Crippen molar-refractivity contribution in [1.82, 2.24) is 4.90 Å². The number of phenols is 2. The van der Waals surface area contributed by atoms with E-state index in [1.807, 2.05) is 0 Å². The van der Waals surface area contributed by atoms with E-state index in [4.69, 9.17) is 14.2 Å². The fourth-order valence-electron chi connectivity index (χ4n) is 6.76. The average Bonchev–Trinajstić information content (AvgIpc) is 2.84. The van der Waals surface area contributed by atoms with Gasteiger partial charge in [-0.3, -0.25) is 9.59 Å². The summed E-state index contributed by atoms with van der Waals surface area (Å²) in [4.78, 5) is 29.5. The first kappa shape index (κ1) is 26.2. The van der Waals surface area contributed by atoms with E-state index >= 15 is 0 Å². The van der Waals surface area contributed by atoms with Crippen LogP contribution in [0.25, 0.3) is 0 Å². The van der Waals surface area contributed by atoms with Crippen molar-refractivity contribution in [3.63, 3.8) is 0 Å². The van der Waals surface area contributed by atoms with Gasteiger partial charge < -0.3 is 44.6 Å². The molecule has 7 atom stereocenters. The molecule has 2 aromatic carbocycles. The Morgan fingerprint density at radius 2 is 1.74 bits per heavy atom. The number of carbonyl (C=O) groups is 2. The summed E-state index contributed by atoms with van der Waals surface area (Å²) in [7, 11) is 4.80. The van der Waals surface area contributed by atoms with Crippen LogP contribution < -0.4 is 4.74 Å². The van der Waals surface area contributed by atoms with E-state index in [1.165, 1.54) is 19.2 Å². The third kappa shape index (κ3) is 3.38. The van der Waals surface area contributed by atoms with Gasteiger partial charge in [0.2, 0.25) is 12.1 Å². The maximum Gasteiger partial charge on any atom is 0.228 e. The number of hydrogen-bond acceptors (Lipinski definition) is 11. The molecule has 5 N–H and O–H groups in total. The molecule has 208 valence electrons. The second-order valence-electron chi connectivity index (χ2n) is 11.6. The zero-order valence-electron chi connectivity index (χ0n) is 22.2. The first-order valence-electron chi connectivity index (χ1n) is 12.7. The molecule has 2 aromatic rings. The van der Waals surface area contributed by atoms with E-state index in [0.29, 0.717) is 11.1 Å². The van der Waals surface area contributed by atoms with Crippen molar-refractivity contribution < 1.29 is 49.3 Å². The Kier molecular flexibility index (Phi) is 5.52. The van der Waals surface area contributed by atoms with Crippen molar-refractivity contribution in [3.8, 4) is 17.2 Å². The van der Waals surface area contributed by atoms with Crippen molar-refractivity contribution in [2.45, 2.75) is 68.5 Å². The zero-order valence-corrected chi connectivity index (χ0v) is 22.2. The second-order valence-corrected chi connectivity index (χ2v) is 11.6. The Labute approximate surface area is 224 Å². The van der Waals surface area contributed by atoms with Crippen molar-refractivity contribution in [1.29, 1.82) is 0 Å². The highest BCUT2D eigenvalue weighted by atomic mass is 16.7. The maximum absolute atomic E-state index is 14.1. The van der Waals surface area contributed by atoms with E-state index in [-0.39, 0.29) is 46.4 Å². The molecule has 2 bridgehead atoms. The summed E-state index contributed by atoms with van der Waals surface area (Å²) in [6, 6.07) is 1.90. The second kappa shape index (κ2) is 8.23. The lowest BCUT2D eigenvalue weighted by atomic mass is 9.72. The zero-order chi connectivity index (χ0) is 28.3. The Morgan fingerprint density at radius 1 is 1.05 bits per heavy atom. The average molecular weight is 542 g/mol. The van der Waals surface area contributed by atoms with E-state index in [0.717, 1.165) is 0 Å². The summed E-state index contributed by atoms with van der Waals surface area (Å²) >= 11 is 0. The molecule has 2 heterocycles. The Morgan fingerprint density at radius 3 is 2.38 bits per heavy atom. The third-order valence-electron chi connectivity index (χ3n) is 8.66. The predicted molar refractivity (Wildman–Crippen MR) is 134 cm³/mol. The van der Waals surface area contributed by atoms with Gasteiger partial charge in [-0.05, 0) is 45.6 Å². The van der Waals surface area contributed by atoms with Gasteiger partial charge in [-0.15, -0.1) is 0 Å². The number of aliphatic hydroxyl groups excluding tert-OH is 2. The molecule has 0 saturated carbocycles. The first-order valence-corrected chi connectivity index (χ1v) is 12.7. The lowest BCUT2D eigenvalue weighted by Crippen LogP contribution is -2.68. The van der Waals surface area contributed by atoms with Gasteiger partial charge in [0.05, 0.1) is 34.4 Å².